The molecule has 1 saturated carbocycles. The Bertz CT molecular complexity index is 1090. The SMILES string of the molecule is COc1ccc(C2=NN(C(=O)CN(C)C(=O)C3CCCC3)[C@@H](c3ccc(OC)c(OC)c3)C2)cc1. The van der Waals surface area contributed by atoms with Gasteiger partial charge in [0.1, 0.15) is 12.3 Å². The fourth-order valence-corrected chi connectivity index (χ4v) is 4.86. The quantitative estimate of drug-likeness (QED) is 0.571. The Morgan fingerprint density at radius 2 is 1.66 bits per heavy atom. The first-order valence-corrected chi connectivity index (χ1v) is 12.0. The molecule has 0 spiro atoms. The molecule has 0 saturated heterocycles. The Hall–Kier alpha value is -3.55. The zero-order chi connectivity index (χ0) is 24.9. The summed E-state index contributed by atoms with van der Waals surface area (Å²) in [5, 5.41) is 6.24. The van der Waals surface area contributed by atoms with Crippen molar-refractivity contribution in [1.29, 1.82) is 0 Å². The van der Waals surface area contributed by atoms with Gasteiger partial charge in [0.15, 0.2) is 11.5 Å². The van der Waals surface area contributed by atoms with Crippen molar-refractivity contribution in [2.75, 3.05) is 34.9 Å². The van der Waals surface area contributed by atoms with E-state index in [-0.39, 0.29) is 30.3 Å². The number of amides is 2. The van der Waals surface area contributed by atoms with Crippen LogP contribution in [0.15, 0.2) is 47.6 Å². The number of ether oxygens (including phenoxy) is 3. The van der Waals surface area contributed by atoms with E-state index in [0.717, 1.165) is 48.3 Å². The van der Waals surface area contributed by atoms with Crippen molar-refractivity contribution in [3.05, 3.63) is 53.6 Å². The Balaban J connectivity index is 1.61. The number of methoxy groups -OCH3 is 3. The zero-order valence-corrected chi connectivity index (χ0v) is 20.8. The summed E-state index contributed by atoms with van der Waals surface area (Å²) in [5.74, 6) is 1.79. The third-order valence-electron chi connectivity index (χ3n) is 6.83. The number of likely N-dealkylation sites (N-methyl/N-ethyl adjacent to an activating group) is 1. The maximum atomic E-state index is 13.5. The fourth-order valence-electron chi connectivity index (χ4n) is 4.86. The summed E-state index contributed by atoms with van der Waals surface area (Å²) in [4.78, 5) is 27.8. The average Bonchev–Trinajstić information content (AvgIpc) is 3.58. The van der Waals surface area contributed by atoms with Crippen LogP contribution in [0.1, 0.15) is 49.3 Å². The molecule has 186 valence electrons. The summed E-state index contributed by atoms with van der Waals surface area (Å²) in [6, 6.07) is 12.9. The van der Waals surface area contributed by atoms with Gasteiger partial charge in [-0.15, -0.1) is 0 Å². The molecule has 1 heterocycles. The summed E-state index contributed by atoms with van der Waals surface area (Å²) in [5.41, 5.74) is 2.60. The minimum atomic E-state index is -0.325. The normalized spacial score (nSPS) is 17.8. The Kier molecular flexibility index (Phi) is 7.58. The molecular formula is C27H33N3O5. The lowest BCUT2D eigenvalue weighted by Crippen LogP contribution is -2.41. The molecular weight excluding hydrogens is 446 g/mol. The van der Waals surface area contributed by atoms with Gasteiger partial charge in [0.2, 0.25) is 5.91 Å². The maximum Gasteiger partial charge on any atom is 0.262 e. The van der Waals surface area contributed by atoms with E-state index in [2.05, 4.69) is 0 Å². The second-order valence-corrected chi connectivity index (χ2v) is 9.02. The van der Waals surface area contributed by atoms with Crippen molar-refractivity contribution in [2.24, 2.45) is 11.0 Å². The largest absolute Gasteiger partial charge is 0.497 e. The van der Waals surface area contributed by atoms with E-state index in [1.165, 1.54) is 5.01 Å². The lowest BCUT2D eigenvalue weighted by Gasteiger charge is -2.26. The molecule has 0 radical (unpaired) electrons. The van der Waals surface area contributed by atoms with Gasteiger partial charge in [-0.25, -0.2) is 5.01 Å². The first-order chi connectivity index (χ1) is 16.9. The van der Waals surface area contributed by atoms with Gasteiger partial charge >= 0.3 is 0 Å². The topological polar surface area (TPSA) is 80.7 Å². The molecule has 2 aromatic carbocycles. The highest BCUT2D eigenvalue weighted by molar-refractivity contribution is 6.03. The number of nitrogens with zero attached hydrogens (tertiary/aromatic N) is 3. The predicted molar refractivity (Wildman–Crippen MR) is 133 cm³/mol. The van der Waals surface area contributed by atoms with Crippen LogP contribution in [0.4, 0.5) is 0 Å². The number of carbonyl (C=O) groups is 2. The maximum absolute atomic E-state index is 13.5. The Morgan fingerprint density at radius 1 is 0.971 bits per heavy atom. The monoisotopic (exact) mass is 479 g/mol. The molecule has 1 fully saturated rings. The smallest absolute Gasteiger partial charge is 0.262 e. The van der Waals surface area contributed by atoms with Crippen LogP contribution in [-0.2, 0) is 9.59 Å². The molecule has 1 aliphatic heterocycles. The van der Waals surface area contributed by atoms with Crippen LogP contribution in [0, 0.1) is 5.92 Å². The molecule has 0 aromatic heterocycles. The van der Waals surface area contributed by atoms with Gasteiger partial charge in [-0.05, 0) is 60.4 Å². The third kappa shape index (κ3) is 5.26. The summed E-state index contributed by atoms with van der Waals surface area (Å²) in [6.07, 6.45) is 4.47. The lowest BCUT2D eigenvalue weighted by atomic mass is 9.98. The first-order valence-electron chi connectivity index (χ1n) is 12.0. The number of benzene rings is 2. The molecule has 2 amide bonds. The van der Waals surface area contributed by atoms with E-state index in [9.17, 15) is 9.59 Å². The van der Waals surface area contributed by atoms with Gasteiger partial charge in [0.25, 0.3) is 5.91 Å². The van der Waals surface area contributed by atoms with Crippen molar-refractivity contribution in [3.8, 4) is 17.2 Å². The van der Waals surface area contributed by atoms with E-state index in [1.54, 1.807) is 33.3 Å². The van der Waals surface area contributed by atoms with Crippen molar-refractivity contribution in [2.45, 2.75) is 38.1 Å². The van der Waals surface area contributed by atoms with Gasteiger partial charge in [0.05, 0.1) is 33.1 Å². The molecule has 2 aromatic rings. The lowest BCUT2D eigenvalue weighted by molar-refractivity contribution is -0.142. The van der Waals surface area contributed by atoms with Crippen molar-refractivity contribution in [3.63, 3.8) is 0 Å². The predicted octanol–water partition coefficient (Wildman–Crippen LogP) is 4.04. The number of hydrogen-bond donors (Lipinski definition) is 0. The number of hydrazone groups is 1. The zero-order valence-electron chi connectivity index (χ0n) is 20.8. The second kappa shape index (κ2) is 10.8. The van der Waals surface area contributed by atoms with E-state index >= 15 is 0 Å². The van der Waals surface area contributed by atoms with E-state index in [1.807, 2.05) is 42.5 Å². The minimum Gasteiger partial charge on any atom is -0.497 e. The molecule has 35 heavy (non-hydrogen) atoms. The second-order valence-electron chi connectivity index (χ2n) is 9.02. The molecule has 1 aliphatic carbocycles. The van der Waals surface area contributed by atoms with Crippen LogP contribution in [0.2, 0.25) is 0 Å². The summed E-state index contributed by atoms with van der Waals surface area (Å²) in [7, 11) is 6.50. The molecule has 0 unspecified atom stereocenters. The molecule has 8 nitrogen and oxygen atoms in total. The highest BCUT2D eigenvalue weighted by Gasteiger charge is 2.35. The van der Waals surface area contributed by atoms with Crippen LogP contribution in [-0.4, -0.2) is 62.4 Å². The van der Waals surface area contributed by atoms with E-state index < -0.39 is 0 Å². The van der Waals surface area contributed by atoms with Crippen molar-refractivity contribution >= 4 is 17.5 Å². The van der Waals surface area contributed by atoms with Gasteiger partial charge < -0.3 is 19.1 Å². The molecule has 0 N–H and O–H groups in total. The molecule has 1 atom stereocenters. The van der Waals surface area contributed by atoms with E-state index in [4.69, 9.17) is 19.3 Å². The number of hydrogen-bond acceptors (Lipinski definition) is 6. The average molecular weight is 480 g/mol. The first kappa shape index (κ1) is 24.6. The number of rotatable bonds is 8. The minimum absolute atomic E-state index is 0.0154. The Labute approximate surface area is 206 Å². The standard InChI is InChI=1S/C27H33N3O5/c1-29(27(32)19-7-5-6-8-19)17-26(31)30-23(20-11-14-24(34-3)25(15-20)35-4)16-22(28-30)18-9-12-21(33-2)13-10-18/h9-15,19,23H,5-8,16-17H2,1-4H3/t23-/m1/s1. The Morgan fingerprint density at radius 3 is 2.29 bits per heavy atom. The molecule has 2 aliphatic rings. The highest BCUT2D eigenvalue weighted by Crippen LogP contribution is 2.37. The molecule has 4 rings (SSSR count). The third-order valence-corrected chi connectivity index (χ3v) is 6.83. The molecule has 8 heteroatoms. The molecule has 0 bridgehead atoms. The van der Waals surface area contributed by atoms with E-state index in [0.29, 0.717) is 17.9 Å². The summed E-state index contributed by atoms with van der Waals surface area (Å²) >= 11 is 0. The van der Waals surface area contributed by atoms with Crippen LogP contribution in [0.3, 0.4) is 0 Å². The fraction of sp³-hybridized carbons (Fsp3) is 0.444. The van der Waals surface area contributed by atoms with Gasteiger partial charge in [-0.1, -0.05) is 18.9 Å². The number of carbonyl (C=O) groups excluding carboxylic acids is 2. The van der Waals surface area contributed by atoms with Crippen LogP contribution in [0.5, 0.6) is 17.2 Å². The van der Waals surface area contributed by atoms with Gasteiger partial charge in [-0.2, -0.15) is 5.10 Å². The van der Waals surface area contributed by atoms with Crippen LogP contribution >= 0.6 is 0 Å². The highest BCUT2D eigenvalue weighted by atomic mass is 16.5. The van der Waals surface area contributed by atoms with Gasteiger partial charge in [0, 0.05) is 19.4 Å². The van der Waals surface area contributed by atoms with Crippen LogP contribution in [0.25, 0.3) is 0 Å². The van der Waals surface area contributed by atoms with Crippen molar-refractivity contribution < 1.29 is 23.8 Å². The van der Waals surface area contributed by atoms with Crippen molar-refractivity contribution in [1.82, 2.24) is 9.91 Å². The summed E-state index contributed by atoms with van der Waals surface area (Å²) < 4.78 is 16.1. The summed E-state index contributed by atoms with van der Waals surface area (Å²) in [6.45, 7) is -0.0154. The van der Waals surface area contributed by atoms with Gasteiger partial charge in [-0.3, -0.25) is 9.59 Å². The van der Waals surface area contributed by atoms with Crippen LogP contribution < -0.4 is 14.2 Å².